The minimum atomic E-state index is 0.272. The van der Waals surface area contributed by atoms with Gasteiger partial charge in [0.05, 0.1) is 6.04 Å². The monoisotopic (exact) mass is 323 g/mol. The Balaban J connectivity index is 2.44. The van der Waals surface area contributed by atoms with E-state index in [2.05, 4.69) is 71.7 Å². The van der Waals surface area contributed by atoms with Crippen molar-refractivity contribution < 1.29 is 0 Å². The Morgan fingerprint density at radius 3 is 2.72 bits per heavy atom. The largest absolute Gasteiger partial charge is 0.306 e. The van der Waals surface area contributed by atoms with Crippen LogP contribution in [-0.2, 0) is 0 Å². The number of halogens is 1. The summed E-state index contributed by atoms with van der Waals surface area (Å²) in [6.45, 7) is 7.40. The first-order valence-corrected chi connectivity index (χ1v) is 7.84. The molecule has 1 aromatic carbocycles. The molecule has 2 aromatic rings. The van der Waals surface area contributed by atoms with Crippen molar-refractivity contribution in [1.29, 1.82) is 0 Å². The highest BCUT2D eigenvalue weighted by Crippen LogP contribution is 2.32. The Kier molecular flexibility index (Phi) is 4.60. The summed E-state index contributed by atoms with van der Waals surface area (Å²) in [6, 6.07) is 8.99. The first-order valence-electron chi connectivity index (χ1n) is 6.17. The first kappa shape index (κ1) is 13.8. The molecule has 3 heteroatoms. The molecule has 0 aliphatic rings. The fourth-order valence-corrected chi connectivity index (χ4v) is 3.34. The lowest BCUT2D eigenvalue weighted by Crippen LogP contribution is -2.22. The number of rotatable bonds is 4. The molecular formula is C15H18BrNS. The van der Waals surface area contributed by atoms with Crippen molar-refractivity contribution in [3.05, 3.63) is 55.7 Å². The summed E-state index contributed by atoms with van der Waals surface area (Å²) >= 11 is 5.53. The van der Waals surface area contributed by atoms with Crippen LogP contribution in [0.3, 0.4) is 0 Å². The van der Waals surface area contributed by atoms with Gasteiger partial charge in [0.2, 0.25) is 0 Å². The predicted octanol–water partition coefficient (Wildman–Crippen LogP) is 4.83. The average Bonchev–Trinajstić information content (AvgIpc) is 2.77. The second kappa shape index (κ2) is 6.00. The van der Waals surface area contributed by atoms with Gasteiger partial charge >= 0.3 is 0 Å². The van der Waals surface area contributed by atoms with E-state index in [1.165, 1.54) is 26.0 Å². The molecule has 1 atom stereocenters. The molecule has 96 valence electrons. The lowest BCUT2D eigenvalue weighted by molar-refractivity contribution is 0.629. The second-order valence-corrected chi connectivity index (χ2v) is 6.37. The van der Waals surface area contributed by atoms with Gasteiger partial charge in [0.25, 0.3) is 0 Å². The third-order valence-electron chi connectivity index (χ3n) is 3.03. The molecule has 0 aliphatic carbocycles. The average molecular weight is 324 g/mol. The van der Waals surface area contributed by atoms with E-state index in [1.807, 2.05) is 11.3 Å². The van der Waals surface area contributed by atoms with E-state index in [0.29, 0.717) is 0 Å². The molecule has 0 aliphatic heterocycles. The Morgan fingerprint density at radius 2 is 2.11 bits per heavy atom. The Labute approximate surface area is 121 Å². The van der Waals surface area contributed by atoms with E-state index in [-0.39, 0.29) is 6.04 Å². The predicted molar refractivity (Wildman–Crippen MR) is 83.5 cm³/mol. The van der Waals surface area contributed by atoms with Gasteiger partial charge in [0.1, 0.15) is 0 Å². The highest BCUT2D eigenvalue weighted by atomic mass is 79.9. The van der Waals surface area contributed by atoms with Crippen LogP contribution in [0.15, 0.2) is 34.1 Å². The van der Waals surface area contributed by atoms with Gasteiger partial charge in [-0.05, 0) is 48.5 Å². The molecule has 2 rings (SSSR count). The van der Waals surface area contributed by atoms with Crippen LogP contribution in [0.25, 0.3) is 0 Å². The lowest BCUT2D eigenvalue weighted by atomic mass is 9.99. The van der Waals surface area contributed by atoms with Crippen LogP contribution in [0, 0.1) is 13.8 Å². The van der Waals surface area contributed by atoms with Crippen LogP contribution in [0.4, 0.5) is 0 Å². The topological polar surface area (TPSA) is 12.0 Å². The normalized spacial score (nSPS) is 12.7. The number of hydrogen-bond donors (Lipinski definition) is 1. The number of hydrogen-bond acceptors (Lipinski definition) is 2. The maximum atomic E-state index is 3.72. The SMILES string of the molecule is CCNC(c1csc(C)c1)c1cccc(C)c1Br. The van der Waals surface area contributed by atoms with E-state index in [4.69, 9.17) is 0 Å². The van der Waals surface area contributed by atoms with E-state index in [9.17, 15) is 0 Å². The second-order valence-electron chi connectivity index (χ2n) is 4.46. The third-order valence-corrected chi connectivity index (χ3v) is 4.99. The lowest BCUT2D eigenvalue weighted by Gasteiger charge is -2.20. The first-order chi connectivity index (χ1) is 8.63. The molecule has 18 heavy (non-hydrogen) atoms. The van der Waals surface area contributed by atoms with E-state index in [1.54, 1.807) is 0 Å². The molecule has 0 amide bonds. The summed E-state index contributed by atoms with van der Waals surface area (Å²) in [4.78, 5) is 1.36. The molecule has 1 nitrogen and oxygen atoms in total. The Morgan fingerprint density at radius 1 is 1.33 bits per heavy atom. The molecule has 1 heterocycles. The fraction of sp³-hybridized carbons (Fsp3) is 0.333. The maximum Gasteiger partial charge on any atom is 0.0596 e. The van der Waals surface area contributed by atoms with Crippen LogP contribution in [0.5, 0.6) is 0 Å². The van der Waals surface area contributed by atoms with Gasteiger partial charge < -0.3 is 5.32 Å². The van der Waals surface area contributed by atoms with Crippen molar-refractivity contribution in [2.45, 2.75) is 26.8 Å². The van der Waals surface area contributed by atoms with Crippen LogP contribution in [0.2, 0.25) is 0 Å². The molecular weight excluding hydrogens is 306 g/mol. The molecule has 1 aromatic heterocycles. The van der Waals surface area contributed by atoms with Gasteiger partial charge in [0.15, 0.2) is 0 Å². The summed E-state index contributed by atoms with van der Waals surface area (Å²) in [5.74, 6) is 0. The standard InChI is InChI=1S/C15H18BrNS/c1-4-17-15(12-8-11(3)18-9-12)13-7-5-6-10(2)14(13)16/h5-9,15,17H,4H2,1-3H3. The number of nitrogens with one attached hydrogen (secondary N) is 1. The number of aryl methyl sites for hydroxylation is 2. The maximum absolute atomic E-state index is 3.72. The summed E-state index contributed by atoms with van der Waals surface area (Å²) in [5, 5.41) is 5.82. The summed E-state index contributed by atoms with van der Waals surface area (Å²) in [7, 11) is 0. The van der Waals surface area contributed by atoms with E-state index < -0.39 is 0 Å². The number of thiophene rings is 1. The quantitative estimate of drug-likeness (QED) is 0.850. The minimum Gasteiger partial charge on any atom is -0.306 e. The van der Waals surface area contributed by atoms with Gasteiger partial charge in [-0.25, -0.2) is 0 Å². The molecule has 1 unspecified atom stereocenters. The van der Waals surface area contributed by atoms with Crippen molar-refractivity contribution in [1.82, 2.24) is 5.32 Å². The van der Waals surface area contributed by atoms with Crippen molar-refractivity contribution in [2.75, 3.05) is 6.54 Å². The van der Waals surface area contributed by atoms with Gasteiger partial charge in [-0.3, -0.25) is 0 Å². The molecule has 0 fully saturated rings. The van der Waals surface area contributed by atoms with Crippen molar-refractivity contribution in [3.63, 3.8) is 0 Å². The van der Waals surface area contributed by atoms with Gasteiger partial charge in [-0.1, -0.05) is 41.1 Å². The van der Waals surface area contributed by atoms with Crippen LogP contribution >= 0.6 is 27.3 Å². The van der Waals surface area contributed by atoms with Crippen molar-refractivity contribution in [3.8, 4) is 0 Å². The van der Waals surface area contributed by atoms with Crippen LogP contribution in [0.1, 0.15) is 34.5 Å². The fourth-order valence-electron chi connectivity index (χ4n) is 2.12. The minimum absolute atomic E-state index is 0.272. The van der Waals surface area contributed by atoms with Crippen molar-refractivity contribution >= 4 is 27.3 Å². The Hall–Kier alpha value is -0.640. The highest BCUT2D eigenvalue weighted by molar-refractivity contribution is 9.10. The Bertz CT molecular complexity index is 533. The third kappa shape index (κ3) is 2.85. The molecule has 0 saturated heterocycles. The van der Waals surface area contributed by atoms with Gasteiger partial charge in [-0.2, -0.15) is 0 Å². The number of benzene rings is 1. The summed E-state index contributed by atoms with van der Waals surface area (Å²) in [6.07, 6.45) is 0. The van der Waals surface area contributed by atoms with Gasteiger partial charge in [-0.15, -0.1) is 11.3 Å². The zero-order valence-corrected chi connectivity index (χ0v) is 13.4. The molecule has 0 bridgehead atoms. The van der Waals surface area contributed by atoms with E-state index in [0.717, 1.165) is 6.54 Å². The molecule has 0 radical (unpaired) electrons. The smallest absolute Gasteiger partial charge is 0.0596 e. The van der Waals surface area contributed by atoms with E-state index >= 15 is 0 Å². The highest BCUT2D eigenvalue weighted by Gasteiger charge is 2.17. The molecule has 1 N–H and O–H groups in total. The summed E-state index contributed by atoms with van der Waals surface area (Å²) < 4.78 is 1.21. The van der Waals surface area contributed by atoms with Crippen LogP contribution in [-0.4, -0.2) is 6.54 Å². The molecule has 0 saturated carbocycles. The van der Waals surface area contributed by atoms with Crippen molar-refractivity contribution in [2.24, 2.45) is 0 Å². The zero-order chi connectivity index (χ0) is 13.1. The van der Waals surface area contributed by atoms with Crippen LogP contribution < -0.4 is 5.32 Å². The zero-order valence-electron chi connectivity index (χ0n) is 11.0. The molecule has 0 spiro atoms. The van der Waals surface area contributed by atoms with Gasteiger partial charge in [0, 0.05) is 9.35 Å². The summed E-state index contributed by atoms with van der Waals surface area (Å²) in [5.41, 5.74) is 3.95.